The van der Waals surface area contributed by atoms with E-state index in [-0.39, 0.29) is 36.8 Å². The van der Waals surface area contributed by atoms with E-state index >= 15 is 0 Å². The zero-order valence-corrected chi connectivity index (χ0v) is 12.3. The molecular weight excluding hydrogens is 254 g/mol. The van der Waals surface area contributed by atoms with Crippen LogP contribution in [0.3, 0.4) is 0 Å². The number of rotatable bonds is 8. The summed E-state index contributed by atoms with van der Waals surface area (Å²) in [6, 6.07) is 0.0796. The van der Waals surface area contributed by atoms with Crippen LogP contribution in [0.25, 0.3) is 0 Å². The molecule has 18 heavy (non-hydrogen) atoms. The zero-order valence-electron chi connectivity index (χ0n) is 11.5. The third-order valence-corrected chi connectivity index (χ3v) is 2.32. The van der Waals surface area contributed by atoms with Crippen LogP contribution in [-0.4, -0.2) is 30.9 Å². The molecule has 2 amide bonds. The molecule has 0 heterocycles. The number of nitrogens with one attached hydrogen (secondary N) is 2. The maximum absolute atomic E-state index is 11.3. The summed E-state index contributed by atoms with van der Waals surface area (Å²) in [7, 11) is 0. The van der Waals surface area contributed by atoms with Crippen molar-refractivity contribution < 1.29 is 9.59 Å². The molecule has 0 spiro atoms. The van der Waals surface area contributed by atoms with Crippen molar-refractivity contribution in [3.63, 3.8) is 0 Å². The Morgan fingerprint density at radius 1 is 1.06 bits per heavy atom. The molecule has 0 fully saturated rings. The third kappa shape index (κ3) is 13.3. The Labute approximate surface area is 116 Å². The first-order chi connectivity index (χ1) is 7.91. The van der Waals surface area contributed by atoms with Crippen LogP contribution in [0.1, 0.15) is 40.0 Å². The summed E-state index contributed by atoms with van der Waals surface area (Å²) in [5, 5.41) is 5.29. The lowest BCUT2D eigenvalue weighted by Gasteiger charge is -2.09. The van der Waals surface area contributed by atoms with Gasteiger partial charge < -0.3 is 16.4 Å². The molecule has 0 aromatic heterocycles. The topological polar surface area (TPSA) is 84.2 Å². The molecule has 1 unspecified atom stereocenters. The van der Waals surface area contributed by atoms with Gasteiger partial charge in [-0.25, -0.2) is 0 Å². The number of nitrogens with two attached hydrogens (primary N) is 1. The molecule has 0 aromatic rings. The highest BCUT2D eigenvalue weighted by Crippen LogP contribution is 2.02. The van der Waals surface area contributed by atoms with Gasteiger partial charge >= 0.3 is 0 Å². The predicted octanol–water partition coefficient (Wildman–Crippen LogP) is 0.814. The van der Waals surface area contributed by atoms with Gasteiger partial charge in [0.2, 0.25) is 11.8 Å². The normalized spacial score (nSPS) is 11.6. The number of carbonyl (C=O) groups is 2. The van der Waals surface area contributed by atoms with Crippen molar-refractivity contribution in [3.8, 4) is 0 Å². The van der Waals surface area contributed by atoms with Gasteiger partial charge in [0.25, 0.3) is 0 Å². The van der Waals surface area contributed by atoms with Crippen LogP contribution in [0, 0.1) is 5.92 Å². The van der Waals surface area contributed by atoms with E-state index in [4.69, 9.17) is 5.73 Å². The van der Waals surface area contributed by atoms with Gasteiger partial charge in [-0.15, -0.1) is 12.4 Å². The highest BCUT2D eigenvalue weighted by atomic mass is 35.5. The predicted molar refractivity (Wildman–Crippen MR) is 75.6 cm³/mol. The monoisotopic (exact) mass is 279 g/mol. The Hall–Kier alpha value is -0.810. The molecule has 1 atom stereocenters. The Bertz CT molecular complexity index is 245. The zero-order chi connectivity index (χ0) is 13.3. The van der Waals surface area contributed by atoms with Crippen molar-refractivity contribution >= 4 is 24.2 Å². The summed E-state index contributed by atoms with van der Waals surface area (Å²) in [5.74, 6) is 0.269. The molecule has 0 rings (SSSR count). The van der Waals surface area contributed by atoms with Crippen LogP contribution >= 0.6 is 12.4 Å². The first kappa shape index (κ1) is 19.5. The smallest absolute Gasteiger partial charge is 0.239 e. The largest absolute Gasteiger partial charge is 0.355 e. The molecule has 0 saturated heterocycles. The molecule has 4 N–H and O–H groups in total. The van der Waals surface area contributed by atoms with E-state index in [1.54, 1.807) is 0 Å². The minimum atomic E-state index is -0.163. The molecule has 0 saturated carbocycles. The summed E-state index contributed by atoms with van der Waals surface area (Å²) in [5.41, 5.74) is 5.55. The van der Waals surface area contributed by atoms with E-state index in [1.807, 2.05) is 6.92 Å². The van der Waals surface area contributed by atoms with Crippen molar-refractivity contribution in [2.75, 3.05) is 13.1 Å². The summed E-state index contributed by atoms with van der Waals surface area (Å²) in [4.78, 5) is 22.6. The maximum atomic E-state index is 11.3. The van der Waals surface area contributed by atoms with Gasteiger partial charge in [0, 0.05) is 19.0 Å². The second-order valence-corrected chi connectivity index (χ2v) is 4.83. The van der Waals surface area contributed by atoms with E-state index in [0.29, 0.717) is 18.9 Å². The van der Waals surface area contributed by atoms with E-state index in [1.165, 1.54) is 0 Å². The second-order valence-electron chi connectivity index (χ2n) is 4.83. The molecule has 6 heteroatoms. The highest BCUT2D eigenvalue weighted by Gasteiger charge is 2.06. The minimum absolute atomic E-state index is 0. The van der Waals surface area contributed by atoms with Gasteiger partial charge in [-0.1, -0.05) is 13.8 Å². The fourth-order valence-electron chi connectivity index (χ4n) is 1.19. The quantitative estimate of drug-likeness (QED) is 0.615. The average molecular weight is 280 g/mol. The molecule has 0 bridgehead atoms. The molecule has 0 aromatic carbocycles. The fraction of sp³-hybridized carbons (Fsp3) is 0.833. The average Bonchev–Trinajstić information content (AvgIpc) is 2.23. The lowest BCUT2D eigenvalue weighted by atomic mass is 10.1. The van der Waals surface area contributed by atoms with Crippen LogP contribution < -0.4 is 16.4 Å². The second kappa shape index (κ2) is 11.3. The summed E-state index contributed by atoms with van der Waals surface area (Å²) < 4.78 is 0. The van der Waals surface area contributed by atoms with Crippen LogP contribution in [-0.2, 0) is 9.59 Å². The van der Waals surface area contributed by atoms with Crippen molar-refractivity contribution in [1.29, 1.82) is 0 Å². The molecule has 108 valence electrons. The summed E-state index contributed by atoms with van der Waals surface area (Å²) >= 11 is 0. The van der Waals surface area contributed by atoms with Crippen molar-refractivity contribution in [2.24, 2.45) is 11.7 Å². The molecule has 0 aliphatic carbocycles. The number of hydrogen-bond donors (Lipinski definition) is 3. The van der Waals surface area contributed by atoms with E-state index in [9.17, 15) is 9.59 Å². The van der Waals surface area contributed by atoms with E-state index in [0.717, 1.165) is 12.8 Å². The Kier molecular flexibility index (Phi) is 12.2. The SMILES string of the molecule is CC(C)CCC(=O)NCC(=O)NCCC(C)N.Cl. The Morgan fingerprint density at radius 3 is 2.17 bits per heavy atom. The first-order valence-corrected chi connectivity index (χ1v) is 6.20. The molecule has 0 aliphatic rings. The summed E-state index contributed by atoms with van der Waals surface area (Å²) in [6.07, 6.45) is 2.07. The van der Waals surface area contributed by atoms with Crippen molar-refractivity contribution in [3.05, 3.63) is 0 Å². The lowest BCUT2D eigenvalue weighted by Crippen LogP contribution is -2.38. The van der Waals surface area contributed by atoms with Crippen molar-refractivity contribution in [2.45, 2.75) is 46.1 Å². The maximum Gasteiger partial charge on any atom is 0.239 e. The lowest BCUT2D eigenvalue weighted by molar-refractivity contribution is -0.126. The van der Waals surface area contributed by atoms with E-state index in [2.05, 4.69) is 24.5 Å². The van der Waals surface area contributed by atoms with Gasteiger partial charge in [0.15, 0.2) is 0 Å². The van der Waals surface area contributed by atoms with E-state index < -0.39 is 0 Å². The number of amides is 2. The molecular formula is C12H26ClN3O2. The third-order valence-electron chi connectivity index (χ3n) is 2.32. The number of halogens is 1. The van der Waals surface area contributed by atoms with Crippen LogP contribution in [0.5, 0.6) is 0 Å². The highest BCUT2D eigenvalue weighted by molar-refractivity contribution is 5.85. The molecule has 0 radical (unpaired) electrons. The standard InChI is InChI=1S/C12H25N3O2.ClH/c1-9(2)4-5-11(16)15-8-12(17)14-7-6-10(3)13;/h9-10H,4-8,13H2,1-3H3,(H,14,17)(H,15,16);1H. The van der Waals surface area contributed by atoms with Gasteiger partial charge in [0.1, 0.15) is 0 Å². The number of hydrogen-bond acceptors (Lipinski definition) is 3. The molecule has 0 aliphatic heterocycles. The fourth-order valence-corrected chi connectivity index (χ4v) is 1.19. The summed E-state index contributed by atoms with van der Waals surface area (Å²) in [6.45, 7) is 6.62. The first-order valence-electron chi connectivity index (χ1n) is 6.20. The Morgan fingerprint density at radius 2 is 1.67 bits per heavy atom. The van der Waals surface area contributed by atoms with Gasteiger partial charge in [-0.3, -0.25) is 9.59 Å². The Balaban J connectivity index is 0. The van der Waals surface area contributed by atoms with Gasteiger partial charge in [-0.05, 0) is 25.7 Å². The van der Waals surface area contributed by atoms with Gasteiger partial charge in [-0.2, -0.15) is 0 Å². The van der Waals surface area contributed by atoms with Crippen LogP contribution in [0.4, 0.5) is 0 Å². The van der Waals surface area contributed by atoms with Crippen molar-refractivity contribution in [1.82, 2.24) is 10.6 Å². The van der Waals surface area contributed by atoms with Gasteiger partial charge in [0.05, 0.1) is 6.54 Å². The van der Waals surface area contributed by atoms with Crippen LogP contribution in [0.2, 0.25) is 0 Å². The van der Waals surface area contributed by atoms with Crippen LogP contribution in [0.15, 0.2) is 0 Å². The number of carbonyl (C=O) groups excluding carboxylic acids is 2. The minimum Gasteiger partial charge on any atom is -0.355 e. The molecule has 5 nitrogen and oxygen atoms in total.